The lowest BCUT2D eigenvalue weighted by Gasteiger charge is -2.10. The summed E-state index contributed by atoms with van der Waals surface area (Å²) >= 11 is 5.92. The summed E-state index contributed by atoms with van der Waals surface area (Å²) in [6.07, 6.45) is 0. The van der Waals surface area contributed by atoms with Gasteiger partial charge in [-0.2, -0.15) is 5.26 Å². The Bertz CT molecular complexity index is 629. The number of rotatable bonds is 2. The van der Waals surface area contributed by atoms with Crippen molar-refractivity contribution >= 4 is 11.6 Å². The van der Waals surface area contributed by atoms with Crippen LogP contribution in [0.4, 0.5) is 0 Å². The van der Waals surface area contributed by atoms with Gasteiger partial charge >= 0.3 is 0 Å². The third-order valence-electron chi connectivity index (χ3n) is 2.61. The van der Waals surface area contributed by atoms with Gasteiger partial charge in [0.2, 0.25) is 0 Å². The highest BCUT2D eigenvalue weighted by Gasteiger charge is 2.07. The Morgan fingerprint density at radius 3 is 2.50 bits per heavy atom. The molecule has 2 aromatic rings. The third-order valence-corrected chi connectivity index (χ3v) is 2.85. The second-order valence-corrected chi connectivity index (χ2v) is 4.56. The molecule has 0 amide bonds. The minimum Gasteiger partial charge on any atom is -0.456 e. The van der Waals surface area contributed by atoms with Crippen LogP contribution < -0.4 is 4.74 Å². The van der Waals surface area contributed by atoms with E-state index in [9.17, 15) is 0 Å². The molecule has 0 aliphatic rings. The minimum atomic E-state index is 0.472. The standard InChI is InChI=1S/C15H12ClNO/c1-10-3-6-14(11(2)7-10)18-15-8-13(16)5-4-12(15)9-17/h3-8H,1-2H3. The first-order chi connectivity index (χ1) is 8.60. The number of hydrogen-bond acceptors (Lipinski definition) is 2. The number of hydrogen-bond donors (Lipinski definition) is 0. The van der Waals surface area contributed by atoms with Crippen molar-refractivity contribution in [2.75, 3.05) is 0 Å². The molecule has 0 bridgehead atoms. The summed E-state index contributed by atoms with van der Waals surface area (Å²) in [4.78, 5) is 0. The molecule has 0 fully saturated rings. The van der Waals surface area contributed by atoms with E-state index in [0.29, 0.717) is 16.3 Å². The van der Waals surface area contributed by atoms with Crippen LogP contribution in [0.3, 0.4) is 0 Å². The molecule has 0 atom stereocenters. The molecule has 0 saturated heterocycles. The van der Waals surface area contributed by atoms with Gasteiger partial charge in [-0.15, -0.1) is 0 Å². The topological polar surface area (TPSA) is 33.0 Å². The molecule has 0 unspecified atom stereocenters. The van der Waals surface area contributed by atoms with E-state index >= 15 is 0 Å². The molecule has 0 heterocycles. The number of nitrogens with zero attached hydrogens (tertiary/aromatic N) is 1. The predicted molar refractivity (Wildman–Crippen MR) is 72.2 cm³/mol. The van der Waals surface area contributed by atoms with Crippen LogP contribution in [-0.4, -0.2) is 0 Å². The molecule has 2 rings (SSSR count). The molecule has 0 saturated carbocycles. The van der Waals surface area contributed by atoms with Crippen LogP contribution in [-0.2, 0) is 0 Å². The maximum Gasteiger partial charge on any atom is 0.146 e. The Morgan fingerprint density at radius 1 is 1.06 bits per heavy atom. The summed E-state index contributed by atoms with van der Waals surface area (Å²) in [5, 5.41) is 9.58. The molecular formula is C15H12ClNO. The van der Waals surface area contributed by atoms with Crippen LogP contribution in [0.2, 0.25) is 5.02 Å². The van der Waals surface area contributed by atoms with Gasteiger partial charge in [0.15, 0.2) is 0 Å². The fourth-order valence-corrected chi connectivity index (χ4v) is 1.87. The average molecular weight is 258 g/mol. The Hall–Kier alpha value is -1.98. The lowest BCUT2D eigenvalue weighted by Crippen LogP contribution is -1.91. The molecule has 0 aliphatic heterocycles. The molecule has 0 spiro atoms. The lowest BCUT2D eigenvalue weighted by molar-refractivity contribution is 0.477. The van der Waals surface area contributed by atoms with Crippen LogP contribution in [0.1, 0.15) is 16.7 Å². The van der Waals surface area contributed by atoms with E-state index in [0.717, 1.165) is 11.3 Å². The number of aryl methyl sites for hydroxylation is 2. The van der Waals surface area contributed by atoms with Crippen molar-refractivity contribution in [2.24, 2.45) is 0 Å². The molecular weight excluding hydrogens is 246 g/mol. The van der Waals surface area contributed by atoms with Crippen molar-refractivity contribution in [3.05, 3.63) is 58.1 Å². The molecule has 2 nitrogen and oxygen atoms in total. The fraction of sp³-hybridized carbons (Fsp3) is 0.133. The first kappa shape index (κ1) is 12.5. The van der Waals surface area contributed by atoms with E-state index in [1.54, 1.807) is 18.2 Å². The number of halogens is 1. The Kier molecular flexibility index (Phi) is 3.55. The van der Waals surface area contributed by atoms with Gasteiger partial charge in [0.05, 0.1) is 5.56 Å². The van der Waals surface area contributed by atoms with Crippen molar-refractivity contribution in [1.82, 2.24) is 0 Å². The van der Waals surface area contributed by atoms with Crippen molar-refractivity contribution in [3.63, 3.8) is 0 Å². The van der Waals surface area contributed by atoms with E-state index in [1.165, 1.54) is 5.56 Å². The van der Waals surface area contributed by atoms with E-state index < -0.39 is 0 Å². The maximum atomic E-state index is 9.03. The Labute approximate surface area is 111 Å². The zero-order chi connectivity index (χ0) is 13.1. The molecule has 3 heteroatoms. The van der Waals surface area contributed by atoms with Crippen LogP contribution in [0.25, 0.3) is 0 Å². The summed E-state index contributed by atoms with van der Waals surface area (Å²) < 4.78 is 5.76. The molecule has 90 valence electrons. The van der Waals surface area contributed by atoms with Crippen molar-refractivity contribution in [1.29, 1.82) is 5.26 Å². The summed E-state index contributed by atoms with van der Waals surface area (Å²) in [5.74, 6) is 1.22. The fourth-order valence-electron chi connectivity index (χ4n) is 1.71. The minimum absolute atomic E-state index is 0.472. The predicted octanol–water partition coefficient (Wildman–Crippen LogP) is 4.62. The van der Waals surface area contributed by atoms with E-state index in [-0.39, 0.29) is 0 Å². The zero-order valence-electron chi connectivity index (χ0n) is 10.2. The normalized spacial score (nSPS) is 9.89. The van der Waals surface area contributed by atoms with Gasteiger partial charge in [-0.1, -0.05) is 29.3 Å². The zero-order valence-corrected chi connectivity index (χ0v) is 11.0. The third kappa shape index (κ3) is 2.64. The first-order valence-electron chi connectivity index (χ1n) is 5.55. The monoisotopic (exact) mass is 257 g/mol. The van der Waals surface area contributed by atoms with Crippen molar-refractivity contribution < 1.29 is 4.74 Å². The molecule has 0 aromatic heterocycles. The van der Waals surface area contributed by atoms with E-state index in [1.807, 2.05) is 32.0 Å². The summed E-state index contributed by atoms with van der Waals surface area (Å²) in [6.45, 7) is 4.00. The van der Waals surface area contributed by atoms with Crippen LogP contribution in [0.15, 0.2) is 36.4 Å². The van der Waals surface area contributed by atoms with E-state index in [2.05, 4.69) is 6.07 Å². The Morgan fingerprint density at radius 2 is 1.83 bits per heavy atom. The molecule has 0 radical (unpaired) electrons. The van der Waals surface area contributed by atoms with Gasteiger partial charge in [-0.05, 0) is 37.6 Å². The quantitative estimate of drug-likeness (QED) is 0.786. The largest absolute Gasteiger partial charge is 0.456 e. The van der Waals surface area contributed by atoms with E-state index in [4.69, 9.17) is 21.6 Å². The van der Waals surface area contributed by atoms with Crippen LogP contribution in [0.5, 0.6) is 11.5 Å². The summed E-state index contributed by atoms with van der Waals surface area (Å²) in [6, 6.07) is 13.0. The second kappa shape index (κ2) is 5.12. The molecule has 0 aliphatic carbocycles. The van der Waals surface area contributed by atoms with Gasteiger partial charge in [0.1, 0.15) is 17.6 Å². The molecule has 0 N–H and O–H groups in total. The van der Waals surface area contributed by atoms with Crippen molar-refractivity contribution in [3.8, 4) is 17.6 Å². The highest BCUT2D eigenvalue weighted by molar-refractivity contribution is 6.30. The van der Waals surface area contributed by atoms with Gasteiger partial charge in [-0.3, -0.25) is 0 Å². The number of ether oxygens (including phenoxy) is 1. The average Bonchev–Trinajstić information content (AvgIpc) is 2.33. The van der Waals surface area contributed by atoms with Gasteiger partial charge in [-0.25, -0.2) is 0 Å². The summed E-state index contributed by atoms with van der Waals surface area (Å²) in [7, 11) is 0. The highest BCUT2D eigenvalue weighted by Crippen LogP contribution is 2.30. The number of nitriles is 1. The van der Waals surface area contributed by atoms with Crippen LogP contribution >= 0.6 is 11.6 Å². The van der Waals surface area contributed by atoms with Gasteiger partial charge in [0.25, 0.3) is 0 Å². The maximum absolute atomic E-state index is 9.03. The van der Waals surface area contributed by atoms with Crippen LogP contribution in [0, 0.1) is 25.2 Å². The first-order valence-corrected chi connectivity index (χ1v) is 5.92. The SMILES string of the molecule is Cc1ccc(Oc2cc(Cl)ccc2C#N)c(C)c1. The van der Waals surface area contributed by atoms with Gasteiger partial charge in [0, 0.05) is 11.1 Å². The molecule has 18 heavy (non-hydrogen) atoms. The van der Waals surface area contributed by atoms with Gasteiger partial charge < -0.3 is 4.74 Å². The highest BCUT2D eigenvalue weighted by atomic mass is 35.5. The smallest absolute Gasteiger partial charge is 0.146 e. The van der Waals surface area contributed by atoms with Crippen molar-refractivity contribution in [2.45, 2.75) is 13.8 Å². The number of benzene rings is 2. The molecule has 2 aromatic carbocycles. The summed E-state index contributed by atoms with van der Waals surface area (Å²) in [5.41, 5.74) is 2.67. The lowest BCUT2D eigenvalue weighted by atomic mass is 10.1. The Balaban J connectivity index is 2.40. The second-order valence-electron chi connectivity index (χ2n) is 4.12.